The molecule has 0 spiro atoms. The van der Waals surface area contributed by atoms with Crippen molar-refractivity contribution in [1.82, 2.24) is 0 Å². The van der Waals surface area contributed by atoms with E-state index in [9.17, 15) is 13.2 Å². The molecule has 22 heavy (non-hydrogen) atoms. The van der Waals surface area contributed by atoms with E-state index in [1.807, 2.05) is 11.8 Å². The van der Waals surface area contributed by atoms with Crippen molar-refractivity contribution in [3.8, 4) is 0 Å². The fraction of sp³-hybridized carbons (Fsp3) is 0.500. The van der Waals surface area contributed by atoms with Gasteiger partial charge in [-0.1, -0.05) is 6.07 Å². The summed E-state index contributed by atoms with van der Waals surface area (Å²) >= 11 is 0. The maximum atomic E-state index is 13.5. The number of nitrogens with zero attached hydrogens (tertiary/aromatic N) is 3. The van der Waals surface area contributed by atoms with Crippen LogP contribution in [0.5, 0.6) is 0 Å². The van der Waals surface area contributed by atoms with Gasteiger partial charge in [0.05, 0.1) is 11.3 Å². The molecule has 1 aromatic rings. The first-order chi connectivity index (χ1) is 10.5. The Bertz CT molecular complexity index is 620. The zero-order valence-electron chi connectivity index (χ0n) is 12.4. The third kappa shape index (κ3) is 2.87. The largest absolute Gasteiger partial charge is 0.418 e. The lowest BCUT2D eigenvalue weighted by atomic mass is 10.0. The van der Waals surface area contributed by atoms with Crippen LogP contribution in [0.2, 0.25) is 0 Å². The second-order valence-corrected chi connectivity index (χ2v) is 5.80. The number of halogens is 3. The van der Waals surface area contributed by atoms with E-state index < -0.39 is 11.7 Å². The lowest BCUT2D eigenvalue weighted by Crippen LogP contribution is -2.29. The molecule has 1 fully saturated rings. The quantitative estimate of drug-likeness (QED) is 0.802. The summed E-state index contributed by atoms with van der Waals surface area (Å²) in [5.74, 6) is 0. The minimum absolute atomic E-state index is 0.142. The van der Waals surface area contributed by atoms with Crippen molar-refractivity contribution in [2.24, 2.45) is 10.2 Å². The molecule has 0 N–H and O–H groups in total. The Morgan fingerprint density at radius 3 is 2.68 bits per heavy atom. The Hall–Kier alpha value is -1.85. The van der Waals surface area contributed by atoms with Crippen molar-refractivity contribution in [1.29, 1.82) is 0 Å². The van der Waals surface area contributed by atoms with Crippen LogP contribution in [0.25, 0.3) is 0 Å². The molecule has 1 atom stereocenters. The van der Waals surface area contributed by atoms with E-state index >= 15 is 0 Å². The molecule has 118 valence electrons. The van der Waals surface area contributed by atoms with E-state index in [4.69, 9.17) is 0 Å². The standard InChI is InChI=1S/C16H18F3N3/c1-11-4-3-9-22(11)15-7-6-12(10-13(15)16(17,18)19)14-5-2-8-20-21-14/h6-8,10-11H,2-5,9H2,1H3. The first-order valence-electron chi connectivity index (χ1n) is 7.53. The number of alkyl halides is 3. The first kappa shape index (κ1) is 15.1. The molecular weight excluding hydrogens is 291 g/mol. The molecule has 3 rings (SSSR count). The number of benzene rings is 1. The molecule has 0 bridgehead atoms. The fourth-order valence-corrected chi connectivity index (χ4v) is 3.11. The van der Waals surface area contributed by atoms with Gasteiger partial charge in [-0.25, -0.2) is 0 Å². The number of anilines is 1. The highest BCUT2D eigenvalue weighted by Gasteiger charge is 2.37. The van der Waals surface area contributed by atoms with E-state index in [0.717, 1.165) is 12.8 Å². The molecule has 0 aliphatic carbocycles. The Kier molecular flexibility index (Phi) is 3.93. The van der Waals surface area contributed by atoms with E-state index in [2.05, 4.69) is 10.2 Å². The minimum Gasteiger partial charge on any atom is -0.368 e. The zero-order valence-corrected chi connectivity index (χ0v) is 12.4. The van der Waals surface area contributed by atoms with Crippen LogP contribution in [0.1, 0.15) is 43.7 Å². The minimum atomic E-state index is -4.37. The second kappa shape index (κ2) is 5.74. The van der Waals surface area contributed by atoms with E-state index in [1.54, 1.807) is 18.3 Å². The monoisotopic (exact) mass is 309 g/mol. The van der Waals surface area contributed by atoms with Crippen LogP contribution in [-0.2, 0) is 6.18 Å². The van der Waals surface area contributed by atoms with Crippen molar-refractivity contribution in [2.45, 2.75) is 44.8 Å². The summed E-state index contributed by atoms with van der Waals surface area (Å²) in [5, 5.41) is 7.78. The van der Waals surface area contributed by atoms with E-state index in [0.29, 0.717) is 30.7 Å². The van der Waals surface area contributed by atoms with Gasteiger partial charge < -0.3 is 4.90 Å². The van der Waals surface area contributed by atoms with Gasteiger partial charge in [0.1, 0.15) is 0 Å². The Morgan fingerprint density at radius 2 is 2.09 bits per heavy atom. The number of hydrogen-bond acceptors (Lipinski definition) is 3. The Balaban J connectivity index is 2.04. The summed E-state index contributed by atoms with van der Waals surface area (Å²) in [6, 6.07) is 4.68. The SMILES string of the molecule is CC1CCCN1c1ccc(C2=NN=CCC2)cc1C(F)(F)F. The maximum absolute atomic E-state index is 13.5. The molecule has 2 aliphatic rings. The van der Waals surface area contributed by atoms with Crippen LogP contribution < -0.4 is 4.90 Å². The molecule has 2 aliphatic heterocycles. The summed E-state index contributed by atoms with van der Waals surface area (Å²) in [5.41, 5.74) is 0.839. The zero-order chi connectivity index (χ0) is 15.7. The van der Waals surface area contributed by atoms with Gasteiger partial charge in [-0.15, -0.1) is 0 Å². The van der Waals surface area contributed by atoms with Crippen LogP contribution in [0.15, 0.2) is 28.4 Å². The van der Waals surface area contributed by atoms with Crippen molar-refractivity contribution in [3.05, 3.63) is 29.3 Å². The predicted molar refractivity (Wildman–Crippen MR) is 81.7 cm³/mol. The van der Waals surface area contributed by atoms with E-state index in [1.165, 1.54) is 6.07 Å². The topological polar surface area (TPSA) is 28.0 Å². The molecule has 6 heteroatoms. The highest BCUT2D eigenvalue weighted by atomic mass is 19.4. The summed E-state index contributed by atoms with van der Waals surface area (Å²) in [4.78, 5) is 1.85. The van der Waals surface area contributed by atoms with Crippen molar-refractivity contribution in [3.63, 3.8) is 0 Å². The van der Waals surface area contributed by atoms with Crippen LogP contribution in [0.3, 0.4) is 0 Å². The summed E-state index contributed by atoms with van der Waals surface area (Å²) in [6.45, 7) is 2.65. The number of rotatable bonds is 2. The molecule has 3 nitrogen and oxygen atoms in total. The molecular formula is C16H18F3N3. The van der Waals surface area contributed by atoms with Crippen LogP contribution >= 0.6 is 0 Å². The molecule has 0 aromatic heterocycles. The fourth-order valence-electron chi connectivity index (χ4n) is 3.11. The lowest BCUT2D eigenvalue weighted by Gasteiger charge is -2.27. The van der Waals surface area contributed by atoms with Gasteiger partial charge in [0.15, 0.2) is 0 Å². The molecule has 0 saturated carbocycles. The average molecular weight is 309 g/mol. The predicted octanol–water partition coefficient (Wildman–Crippen LogP) is 4.26. The van der Waals surface area contributed by atoms with Gasteiger partial charge in [-0.3, -0.25) is 0 Å². The molecule has 1 saturated heterocycles. The molecule has 1 unspecified atom stereocenters. The van der Waals surface area contributed by atoms with Crippen molar-refractivity contribution in [2.75, 3.05) is 11.4 Å². The summed E-state index contributed by atoms with van der Waals surface area (Å²) in [7, 11) is 0. The normalized spacial score (nSPS) is 22.1. The van der Waals surface area contributed by atoms with Gasteiger partial charge in [0.25, 0.3) is 0 Å². The van der Waals surface area contributed by atoms with Gasteiger partial charge >= 0.3 is 6.18 Å². The smallest absolute Gasteiger partial charge is 0.368 e. The maximum Gasteiger partial charge on any atom is 0.418 e. The second-order valence-electron chi connectivity index (χ2n) is 5.80. The highest BCUT2D eigenvalue weighted by Crippen LogP contribution is 2.39. The summed E-state index contributed by atoms with van der Waals surface area (Å²) in [6.07, 6.45) is 0.508. The highest BCUT2D eigenvalue weighted by molar-refractivity contribution is 6.02. The van der Waals surface area contributed by atoms with E-state index in [-0.39, 0.29) is 11.7 Å². The van der Waals surface area contributed by atoms with Crippen molar-refractivity contribution >= 4 is 17.6 Å². The lowest BCUT2D eigenvalue weighted by molar-refractivity contribution is -0.137. The molecule has 2 heterocycles. The molecule has 0 radical (unpaired) electrons. The third-order valence-electron chi connectivity index (χ3n) is 4.27. The molecule has 1 aromatic carbocycles. The van der Waals surface area contributed by atoms with Crippen LogP contribution in [0, 0.1) is 0 Å². The Labute approximate surface area is 127 Å². The van der Waals surface area contributed by atoms with Gasteiger partial charge in [-0.2, -0.15) is 23.4 Å². The Morgan fingerprint density at radius 1 is 1.27 bits per heavy atom. The average Bonchev–Trinajstić information content (AvgIpc) is 2.93. The van der Waals surface area contributed by atoms with Gasteiger partial charge in [-0.05, 0) is 50.3 Å². The van der Waals surface area contributed by atoms with Crippen LogP contribution in [-0.4, -0.2) is 24.5 Å². The summed E-state index contributed by atoms with van der Waals surface area (Å²) < 4.78 is 40.4. The van der Waals surface area contributed by atoms with Crippen LogP contribution in [0.4, 0.5) is 18.9 Å². The first-order valence-corrected chi connectivity index (χ1v) is 7.53. The van der Waals surface area contributed by atoms with Gasteiger partial charge in [0, 0.05) is 24.5 Å². The molecule has 0 amide bonds. The number of hydrogen-bond donors (Lipinski definition) is 0. The van der Waals surface area contributed by atoms with Gasteiger partial charge in [0.2, 0.25) is 0 Å². The van der Waals surface area contributed by atoms with Crippen molar-refractivity contribution < 1.29 is 13.2 Å². The third-order valence-corrected chi connectivity index (χ3v) is 4.27.